The van der Waals surface area contributed by atoms with Gasteiger partial charge in [-0.3, -0.25) is 0 Å². The van der Waals surface area contributed by atoms with Crippen LogP contribution in [0.5, 0.6) is 11.5 Å². The molecule has 1 aromatic rings. The number of alkyl halides is 1. The Morgan fingerprint density at radius 1 is 1.21 bits per heavy atom. The monoisotopic (exact) mass is 281 g/mol. The van der Waals surface area contributed by atoms with Gasteiger partial charge in [0.1, 0.15) is 0 Å². The van der Waals surface area contributed by atoms with Gasteiger partial charge in [-0.1, -0.05) is 0 Å². The first-order chi connectivity index (χ1) is 9.28. The minimum absolute atomic E-state index is 0.707. The number of hydrogen-bond acceptors (Lipinski definition) is 3. The smallest absolute Gasteiger partial charge is 0.161 e. The number of rotatable bonds is 5. The molecule has 0 radical (unpaired) electrons. The van der Waals surface area contributed by atoms with Crippen molar-refractivity contribution < 1.29 is 9.47 Å². The van der Waals surface area contributed by atoms with Gasteiger partial charge in [0.15, 0.2) is 11.5 Å². The zero-order valence-corrected chi connectivity index (χ0v) is 12.2. The first-order valence-corrected chi connectivity index (χ1v) is 7.05. The lowest BCUT2D eigenvalue weighted by atomic mass is 10.0. The molecule has 0 unspecified atom stereocenters. The third-order valence-electron chi connectivity index (χ3n) is 3.36. The van der Waals surface area contributed by atoms with Gasteiger partial charge >= 0.3 is 0 Å². The fourth-order valence-corrected chi connectivity index (χ4v) is 2.40. The van der Waals surface area contributed by atoms with Gasteiger partial charge in [0, 0.05) is 19.0 Å². The predicted molar refractivity (Wildman–Crippen MR) is 79.2 cm³/mol. The van der Waals surface area contributed by atoms with E-state index in [0.29, 0.717) is 5.88 Å². The highest BCUT2D eigenvalue weighted by Crippen LogP contribution is 2.32. The number of nitrogens with zero attached hydrogens (tertiary/aromatic N) is 1. The van der Waals surface area contributed by atoms with Crippen molar-refractivity contribution in [1.29, 1.82) is 0 Å². The molecule has 0 aliphatic carbocycles. The largest absolute Gasteiger partial charge is 0.493 e. The molecular weight excluding hydrogens is 262 g/mol. The van der Waals surface area contributed by atoms with Crippen LogP contribution in [-0.4, -0.2) is 38.1 Å². The maximum Gasteiger partial charge on any atom is 0.161 e. The van der Waals surface area contributed by atoms with E-state index in [9.17, 15) is 0 Å². The summed E-state index contributed by atoms with van der Waals surface area (Å²) in [6.07, 6.45) is 6.29. The predicted octanol–water partition coefficient (Wildman–Crippen LogP) is 3.16. The number of fused-ring (bicyclic) bond motifs is 1. The molecule has 1 heterocycles. The van der Waals surface area contributed by atoms with E-state index in [1.54, 1.807) is 14.2 Å². The Bertz CT molecular complexity index is 460. The highest BCUT2D eigenvalue weighted by molar-refractivity contribution is 6.17. The number of halogens is 1. The molecule has 0 aromatic heterocycles. The molecule has 104 valence electrons. The lowest BCUT2D eigenvalue weighted by Gasteiger charge is -2.18. The van der Waals surface area contributed by atoms with Crippen LogP contribution in [0, 0.1) is 0 Å². The molecule has 3 nitrogen and oxygen atoms in total. The van der Waals surface area contributed by atoms with Crippen LogP contribution in [0.2, 0.25) is 0 Å². The van der Waals surface area contributed by atoms with E-state index in [-0.39, 0.29) is 0 Å². The summed E-state index contributed by atoms with van der Waals surface area (Å²) >= 11 is 5.75. The van der Waals surface area contributed by atoms with Crippen molar-refractivity contribution in [3.63, 3.8) is 0 Å². The summed E-state index contributed by atoms with van der Waals surface area (Å²) in [7, 11) is 3.33. The Labute approximate surface area is 119 Å². The van der Waals surface area contributed by atoms with E-state index >= 15 is 0 Å². The SMILES string of the molecule is COc1cc2c(cc1OC)CCN(CCCCl)C=C2. The van der Waals surface area contributed by atoms with Gasteiger partial charge in [0.25, 0.3) is 0 Å². The van der Waals surface area contributed by atoms with Crippen LogP contribution in [0.25, 0.3) is 6.08 Å². The summed E-state index contributed by atoms with van der Waals surface area (Å²) < 4.78 is 10.7. The molecule has 0 fully saturated rings. The topological polar surface area (TPSA) is 21.7 Å². The van der Waals surface area contributed by atoms with Crippen LogP contribution in [0.4, 0.5) is 0 Å². The van der Waals surface area contributed by atoms with E-state index < -0.39 is 0 Å². The fraction of sp³-hybridized carbons (Fsp3) is 0.467. The number of benzene rings is 1. The summed E-state index contributed by atoms with van der Waals surface area (Å²) in [6, 6.07) is 4.11. The summed E-state index contributed by atoms with van der Waals surface area (Å²) in [5, 5.41) is 0. The molecule has 0 atom stereocenters. The van der Waals surface area contributed by atoms with E-state index in [2.05, 4.69) is 23.2 Å². The Morgan fingerprint density at radius 2 is 1.95 bits per heavy atom. The van der Waals surface area contributed by atoms with Gasteiger partial charge in [0.05, 0.1) is 14.2 Å². The van der Waals surface area contributed by atoms with Crippen LogP contribution in [0.3, 0.4) is 0 Å². The van der Waals surface area contributed by atoms with Gasteiger partial charge in [-0.05, 0) is 48.4 Å². The molecule has 1 aliphatic heterocycles. The molecule has 0 N–H and O–H groups in total. The molecule has 4 heteroatoms. The molecule has 19 heavy (non-hydrogen) atoms. The van der Waals surface area contributed by atoms with Crippen molar-refractivity contribution in [2.45, 2.75) is 12.8 Å². The van der Waals surface area contributed by atoms with Gasteiger partial charge in [-0.25, -0.2) is 0 Å². The second kappa shape index (κ2) is 6.71. The Hall–Kier alpha value is -1.35. The van der Waals surface area contributed by atoms with Crippen LogP contribution in [0.15, 0.2) is 18.3 Å². The maximum atomic E-state index is 5.75. The summed E-state index contributed by atoms with van der Waals surface area (Å²) in [5.41, 5.74) is 2.49. The molecule has 2 rings (SSSR count). The van der Waals surface area contributed by atoms with Gasteiger partial charge in [-0.2, -0.15) is 0 Å². The first-order valence-electron chi connectivity index (χ1n) is 6.51. The highest BCUT2D eigenvalue weighted by atomic mass is 35.5. The Balaban J connectivity index is 2.21. The van der Waals surface area contributed by atoms with Crippen molar-refractivity contribution in [3.05, 3.63) is 29.5 Å². The molecule has 0 bridgehead atoms. The first kappa shape index (κ1) is 14.1. The average Bonchev–Trinajstić information content (AvgIpc) is 2.65. The number of ether oxygens (including phenoxy) is 2. The summed E-state index contributed by atoms with van der Waals surface area (Å²) in [4.78, 5) is 2.31. The second-order valence-corrected chi connectivity index (χ2v) is 4.93. The summed E-state index contributed by atoms with van der Waals surface area (Å²) in [5.74, 6) is 2.28. The normalized spacial score (nSPS) is 13.9. The molecular formula is C15H20ClNO2. The maximum absolute atomic E-state index is 5.75. The van der Waals surface area contributed by atoms with Crippen molar-refractivity contribution in [2.75, 3.05) is 33.2 Å². The number of methoxy groups -OCH3 is 2. The zero-order chi connectivity index (χ0) is 13.7. The minimum Gasteiger partial charge on any atom is -0.493 e. The van der Waals surface area contributed by atoms with E-state index in [4.69, 9.17) is 21.1 Å². The fourth-order valence-electron chi connectivity index (χ4n) is 2.28. The number of hydrogen-bond donors (Lipinski definition) is 0. The van der Waals surface area contributed by atoms with E-state index in [0.717, 1.165) is 37.4 Å². The molecule has 1 aromatic carbocycles. The van der Waals surface area contributed by atoms with Gasteiger partial charge < -0.3 is 14.4 Å². The minimum atomic E-state index is 0.707. The quantitative estimate of drug-likeness (QED) is 0.774. The Morgan fingerprint density at radius 3 is 2.63 bits per heavy atom. The van der Waals surface area contributed by atoms with E-state index in [1.165, 1.54) is 11.1 Å². The zero-order valence-electron chi connectivity index (χ0n) is 11.5. The van der Waals surface area contributed by atoms with Crippen molar-refractivity contribution in [2.24, 2.45) is 0 Å². The van der Waals surface area contributed by atoms with Crippen LogP contribution in [0.1, 0.15) is 17.5 Å². The molecule has 0 spiro atoms. The highest BCUT2D eigenvalue weighted by Gasteiger charge is 2.13. The van der Waals surface area contributed by atoms with Crippen molar-refractivity contribution in [3.8, 4) is 11.5 Å². The molecule has 0 saturated heterocycles. The summed E-state index contributed by atoms with van der Waals surface area (Å²) in [6.45, 7) is 2.01. The van der Waals surface area contributed by atoms with Crippen molar-refractivity contribution >= 4 is 17.7 Å². The van der Waals surface area contributed by atoms with E-state index in [1.807, 2.05) is 6.07 Å². The van der Waals surface area contributed by atoms with Gasteiger partial charge in [-0.15, -0.1) is 11.6 Å². The standard InChI is InChI=1S/C15H20ClNO2/c1-18-14-10-12-4-8-17(7-3-6-16)9-5-13(12)11-15(14)19-2/h4,8,10-11H,3,5-7,9H2,1-2H3. The molecule has 1 aliphatic rings. The van der Waals surface area contributed by atoms with Crippen LogP contribution in [-0.2, 0) is 6.42 Å². The second-order valence-electron chi connectivity index (χ2n) is 4.55. The third-order valence-corrected chi connectivity index (χ3v) is 3.62. The lowest BCUT2D eigenvalue weighted by Crippen LogP contribution is -2.20. The Kier molecular flexibility index (Phi) is 4.97. The average molecular weight is 282 g/mol. The van der Waals surface area contributed by atoms with Crippen molar-refractivity contribution in [1.82, 2.24) is 4.90 Å². The van der Waals surface area contributed by atoms with Gasteiger partial charge in [0.2, 0.25) is 0 Å². The lowest BCUT2D eigenvalue weighted by molar-refractivity contribution is 0.354. The third kappa shape index (κ3) is 3.35. The molecule has 0 amide bonds. The van der Waals surface area contributed by atoms with Crippen LogP contribution < -0.4 is 9.47 Å². The van der Waals surface area contributed by atoms with Crippen LogP contribution >= 0.6 is 11.6 Å². The molecule has 0 saturated carbocycles.